The Morgan fingerprint density at radius 2 is 1.35 bits per heavy atom. The number of carboxylic acid groups (broad SMARTS) is 1. The summed E-state index contributed by atoms with van der Waals surface area (Å²) < 4.78 is 109. The van der Waals surface area contributed by atoms with Crippen molar-refractivity contribution in [1.82, 2.24) is 5.32 Å². The number of alkyl halides is 6. The minimum atomic E-state index is -5.13. The van der Waals surface area contributed by atoms with E-state index in [9.17, 15) is 49.8 Å². The van der Waals surface area contributed by atoms with Crippen molar-refractivity contribution < 1.29 is 49.8 Å². The van der Waals surface area contributed by atoms with Crippen molar-refractivity contribution in [1.29, 1.82) is 0 Å². The summed E-state index contributed by atoms with van der Waals surface area (Å²) in [5.74, 6) is -5.31. The smallest absolute Gasteiger partial charge is 0.417 e. The number of carbonyl (C=O) groups is 2. The van der Waals surface area contributed by atoms with Gasteiger partial charge in [0.1, 0.15) is 23.2 Å². The zero-order chi connectivity index (χ0) is 29.4. The SMILES string of the molecule is O=C(N[C@@H](Cc1cccc2c(-c3ccc(C(F)(F)F)cc3C(F)(F)F)cccc12)C(=O)O)c1c(F)cccc1F. The van der Waals surface area contributed by atoms with Crippen LogP contribution in [0.2, 0.25) is 0 Å². The normalized spacial score (nSPS) is 12.8. The van der Waals surface area contributed by atoms with E-state index in [0.717, 1.165) is 24.3 Å². The van der Waals surface area contributed by atoms with E-state index in [4.69, 9.17) is 0 Å². The molecule has 0 saturated heterocycles. The fraction of sp³-hybridized carbons (Fsp3) is 0.143. The topological polar surface area (TPSA) is 66.4 Å². The largest absolute Gasteiger partial charge is 0.480 e. The molecule has 4 rings (SSSR count). The van der Waals surface area contributed by atoms with Crippen LogP contribution in [0.3, 0.4) is 0 Å². The molecule has 0 heterocycles. The van der Waals surface area contributed by atoms with Crippen LogP contribution in [0.15, 0.2) is 72.8 Å². The Kier molecular flexibility index (Phi) is 7.55. The molecule has 40 heavy (non-hydrogen) atoms. The van der Waals surface area contributed by atoms with Gasteiger partial charge in [-0.2, -0.15) is 26.3 Å². The molecule has 0 radical (unpaired) electrons. The second-order valence-electron chi connectivity index (χ2n) is 8.74. The summed E-state index contributed by atoms with van der Waals surface area (Å²) in [6, 6.07) is 10.6. The van der Waals surface area contributed by atoms with Gasteiger partial charge in [-0.3, -0.25) is 4.79 Å². The third-order valence-electron chi connectivity index (χ3n) is 6.17. The van der Waals surface area contributed by atoms with Crippen molar-refractivity contribution in [3.05, 3.63) is 107 Å². The first-order chi connectivity index (χ1) is 18.7. The highest BCUT2D eigenvalue weighted by Gasteiger charge is 2.38. The molecular formula is C28H17F8NO3. The summed E-state index contributed by atoms with van der Waals surface area (Å²) in [5.41, 5.74) is -4.33. The number of fused-ring (bicyclic) bond motifs is 1. The van der Waals surface area contributed by atoms with Gasteiger partial charge in [-0.05, 0) is 51.7 Å². The molecule has 0 saturated carbocycles. The number of nitrogens with one attached hydrogen (secondary N) is 1. The van der Waals surface area contributed by atoms with E-state index in [1.165, 1.54) is 36.4 Å². The van der Waals surface area contributed by atoms with Gasteiger partial charge in [0, 0.05) is 6.42 Å². The predicted octanol–water partition coefficient (Wildman–Crippen LogP) is 7.25. The number of benzene rings is 4. The lowest BCUT2D eigenvalue weighted by Gasteiger charge is -2.19. The average Bonchev–Trinajstić information content (AvgIpc) is 2.86. The van der Waals surface area contributed by atoms with E-state index in [0.29, 0.717) is 6.07 Å². The van der Waals surface area contributed by atoms with Crippen molar-refractivity contribution in [2.24, 2.45) is 0 Å². The van der Waals surface area contributed by atoms with Crippen LogP contribution in [0.4, 0.5) is 35.1 Å². The van der Waals surface area contributed by atoms with Crippen molar-refractivity contribution in [3.8, 4) is 11.1 Å². The Balaban J connectivity index is 1.77. The highest BCUT2D eigenvalue weighted by atomic mass is 19.4. The van der Waals surface area contributed by atoms with Gasteiger partial charge in [0.2, 0.25) is 0 Å². The third-order valence-corrected chi connectivity index (χ3v) is 6.17. The summed E-state index contributed by atoms with van der Waals surface area (Å²) in [6.07, 6.45) is -10.6. The Bertz CT molecular complexity index is 1590. The Morgan fingerprint density at radius 3 is 1.95 bits per heavy atom. The quantitative estimate of drug-likeness (QED) is 0.241. The van der Waals surface area contributed by atoms with Gasteiger partial charge < -0.3 is 10.4 Å². The molecule has 1 atom stereocenters. The highest BCUT2D eigenvalue weighted by Crippen LogP contribution is 2.43. The second kappa shape index (κ2) is 10.6. The van der Waals surface area contributed by atoms with E-state index < -0.39 is 70.6 Å². The van der Waals surface area contributed by atoms with E-state index >= 15 is 0 Å². The number of aliphatic carboxylic acids is 1. The van der Waals surface area contributed by atoms with Crippen molar-refractivity contribution in [2.45, 2.75) is 24.8 Å². The fourth-order valence-corrected chi connectivity index (χ4v) is 4.34. The Hall–Kier alpha value is -4.48. The molecule has 208 valence electrons. The van der Waals surface area contributed by atoms with E-state index in [-0.39, 0.29) is 28.0 Å². The molecule has 0 unspecified atom stereocenters. The molecule has 4 aromatic carbocycles. The summed E-state index contributed by atoms with van der Waals surface area (Å²) >= 11 is 0. The van der Waals surface area contributed by atoms with Gasteiger partial charge in [-0.1, -0.05) is 48.5 Å². The van der Waals surface area contributed by atoms with Crippen LogP contribution in [0, 0.1) is 11.6 Å². The number of carboxylic acids is 1. The standard InChI is InChI=1S/C28H17F8NO3/c29-21-8-3-9-22(30)24(21)25(38)37-23(26(39)40)12-14-4-1-6-17-16(14)5-2-7-18(17)19-11-10-15(27(31,32)33)13-20(19)28(34,35)36/h1-11,13,23H,12H2,(H,37,38)(H,39,40)/t23-/m0/s1. The van der Waals surface area contributed by atoms with E-state index in [1.54, 1.807) is 0 Å². The first kappa shape index (κ1) is 28.5. The number of halogens is 8. The van der Waals surface area contributed by atoms with Crippen LogP contribution >= 0.6 is 0 Å². The van der Waals surface area contributed by atoms with Gasteiger partial charge in [0.25, 0.3) is 5.91 Å². The monoisotopic (exact) mass is 567 g/mol. The lowest BCUT2D eigenvalue weighted by atomic mass is 9.90. The number of carbonyl (C=O) groups excluding carboxylic acids is 1. The maximum atomic E-state index is 14.0. The van der Waals surface area contributed by atoms with Crippen molar-refractivity contribution >= 4 is 22.6 Å². The van der Waals surface area contributed by atoms with Crippen LogP contribution < -0.4 is 5.32 Å². The molecule has 2 N–H and O–H groups in total. The highest BCUT2D eigenvalue weighted by molar-refractivity contribution is 6.00. The number of hydrogen-bond acceptors (Lipinski definition) is 2. The predicted molar refractivity (Wildman–Crippen MR) is 128 cm³/mol. The molecule has 0 aliphatic heterocycles. The summed E-state index contributed by atoms with van der Waals surface area (Å²) in [7, 11) is 0. The van der Waals surface area contributed by atoms with Crippen LogP contribution in [0.25, 0.3) is 21.9 Å². The second-order valence-corrected chi connectivity index (χ2v) is 8.74. The zero-order valence-corrected chi connectivity index (χ0v) is 20.0. The maximum Gasteiger partial charge on any atom is 0.417 e. The first-order valence-corrected chi connectivity index (χ1v) is 11.5. The van der Waals surface area contributed by atoms with Crippen molar-refractivity contribution in [2.75, 3.05) is 0 Å². The van der Waals surface area contributed by atoms with Crippen LogP contribution in [-0.4, -0.2) is 23.0 Å². The molecule has 0 aliphatic rings. The third kappa shape index (κ3) is 5.75. The molecule has 4 aromatic rings. The zero-order valence-electron chi connectivity index (χ0n) is 20.0. The number of hydrogen-bond donors (Lipinski definition) is 2. The number of amides is 1. The fourth-order valence-electron chi connectivity index (χ4n) is 4.34. The molecule has 12 heteroatoms. The van der Waals surface area contributed by atoms with E-state index in [2.05, 4.69) is 0 Å². The summed E-state index contributed by atoms with van der Waals surface area (Å²) in [4.78, 5) is 24.4. The minimum Gasteiger partial charge on any atom is -0.480 e. The van der Waals surface area contributed by atoms with Crippen molar-refractivity contribution in [3.63, 3.8) is 0 Å². The molecule has 0 aromatic heterocycles. The first-order valence-electron chi connectivity index (χ1n) is 11.5. The summed E-state index contributed by atoms with van der Waals surface area (Å²) in [5, 5.41) is 12.1. The molecule has 0 bridgehead atoms. The molecule has 0 fully saturated rings. The molecule has 0 aliphatic carbocycles. The minimum absolute atomic E-state index is 0.0237. The average molecular weight is 567 g/mol. The molecule has 1 amide bonds. The Labute approximate surface area is 220 Å². The van der Waals surface area contributed by atoms with Crippen LogP contribution in [-0.2, 0) is 23.6 Å². The maximum absolute atomic E-state index is 14.0. The van der Waals surface area contributed by atoms with Crippen LogP contribution in [0.1, 0.15) is 27.0 Å². The van der Waals surface area contributed by atoms with Gasteiger partial charge in [-0.15, -0.1) is 0 Å². The lowest BCUT2D eigenvalue weighted by molar-refractivity contribution is -0.143. The van der Waals surface area contributed by atoms with E-state index in [1.807, 2.05) is 5.32 Å². The van der Waals surface area contributed by atoms with Gasteiger partial charge in [0.15, 0.2) is 0 Å². The van der Waals surface area contributed by atoms with Gasteiger partial charge in [-0.25, -0.2) is 13.6 Å². The van der Waals surface area contributed by atoms with Gasteiger partial charge >= 0.3 is 18.3 Å². The Morgan fingerprint density at radius 1 is 0.750 bits per heavy atom. The number of rotatable bonds is 6. The lowest BCUT2D eigenvalue weighted by Crippen LogP contribution is -2.43. The molecule has 4 nitrogen and oxygen atoms in total. The van der Waals surface area contributed by atoms with Gasteiger partial charge in [0.05, 0.1) is 11.1 Å². The molecule has 0 spiro atoms. The summed E-state index contributed by atoms with van der Waals surface area (Å²) in [6.45, 7) is 0. The van der Waals surface area contributed by atoms with Crippen LogP contribution in [0.5, 0.6) is 0 Å². The molecular weight excluding hydrogens is 550 g/mol.